The zero-order chi connectivity index (χ0) is 11.3. The number of rotatable bonds is 3. The van der Waals surface area contributed by atoms with Gasteiger partial charge in [0.1, 0.15) is 6.04 Å². The van der Waals surface area contributed by atoms with Crippen LogP contribution in [0, 0.1) is 0 Å². The fraction of sp³-hybridized carbons (Fsp3) is 0.778. The third kappa shape index (κ3) is 3.64. The molecule has 0 aliphatic rings. The van der Waals surface area contributed by atoms with Crippen LogP contribution in [0.1, 0.15) is 13.8 Å². The number of nitrogens with one attached hydrogen (secondary N) is 1. The topological polar surface area (TPSA) is 52.7 Å². The molecule has 1 unspecified atom stereocenters. The molecule has 0 aromatic rings. The number of carbonyl (C=O) groups is 2. The second-order valence-electron chi connectivity index (χ2n) is 3.42. The fourth-order valence-electron chi connectivity index (χ4n) is 0.888. The van der Waals surface area contributed by atoms with Crippen LogP contribution in [0.25, 0.3) is 0 Å². The van der Waals surface area contributed by atoms with E-state index in [9.17, 15) is 9.59 Å². The number of likely N-dealkylation sites (N-methyl/N-ethyl adjacent to an activating group) is 1. The molecule has 1 N–H and O–H groups in total. The molecule has 0 spiro atoms. The first-order valence-electron chi connectivity index (χ1n) is 4.63. The van der Waals surface area contributed by atoms with Crippen LogP contribution < -0.4 is 5.32 Å². The lowest BCUT2D eigenvalue weighted by Gasteiger charge is -2.21. The highest BCUT2D eigenvalue weighted by atomic mass is 16.2. The van der Waals surface area contributed by atoms with Crippen molar-refractivity contribution in [2.45, 2.75) is 19.9 Å². The first kappa shape index (κ1) is 12.7. The summed E-state index contributed by atoms with van der Waals surface area (Å²) in [6.07, 6.45) is 0. The number of amides is 3. The number of carbonyl (C=O) groups excluding carboxylic acids is 2. The molecule has 0 aliphatic heterocycles. The van der Waals surface area contributed by atoms with Crippen LogP contribution in [0.2, 0.25) is 0 Å². The second-order valence-corrected chi connectivity index (χ2v) is 3.42. The summed E-state index contributed by atoms with van der Waals surface area (Å²) in [5.41, 5.74) is 0. The summed E-state index contributed by atoms with van der Waals surface area (Å²) in [7, 11) is 5.01. The Balaban J connectivity index is 4.12. The van der Waals surface area contributed by atoms with E-state index in [0.717, 1.165) is 0 Å². The minimum absolute atomic E-state index is 0.108. The molecule has 0 radical (unpaired) electrons. The number of urea groups is 1. The highest BCUT2D eigenvalue weighted by molar-refractivity contribution is 5.86. The fourth-order valence-corrected chi connectivity index (χ4v) is 0.888. The summed E-state index contributed by atoms with van der Waals surface area (Å²) in [4.78, 5) is 25.7. The van der Waals surface area contributed by atoms with Gasteiger partial charge >= 0.3 is 6.03 Å². The maximum Gasteiger partial charge on any atom is 0.317 e. The molecule has 5 heteroatoms. The summed E-state index contributed by atoms with van der Waals surface area (Å²) in [5.74, 6) is -0.108. The van der Waals surface area contributed by atoms with Gasteiger partial charge in [-0.2, -0.15) is 0 Å². The molecule has 0 aliphatic carbocycles. The molecule has 0 heterocycles. The Bertz CT molecular complexity index is 216. The molecule has 0 aromatic heterocycles. The first-order chi connectivity index (χ1) is 6.40. The Labute approximate surface area is 85.1 Å². The summed E-state index contributed by atoms with van der Waals surface area (Å²) < 4.78 is 0. The Hall–Kier alpha value is -1.26. The normalized spacial score (nSPS) is 11.8. The highest BCUT2D eigenvalue weighted by Crippen LogP contribution is 1.91. The van der Waals surface area contributed by atoms with Gasteiger partial charge in [0.15, 0.2) is 0 Å². The Morgan fingerprint density at radius 2 is 1.79 bits per heavy atom. The van der Waals surface area contributed by atoms with Gasteiger partial charge in [0, 0.05) is 27.7 Å². The lowest BCUT2D eigenvalue weighted by Crippen LogP contribution is -2.48. The lowest BCUT2D eigenvalue weighted by atomic mass is 10.3. The molecule has 0 aromatic carbocycles. The summed E-state index contributed by atoms with van der Waals surface area (Å²) in [6, 6.07) is -0.707. The van der Waals surface area contributed by atoms with Gasteiger partial charge in [-0.1, -0.05) is 0 Å². The van der Waals surface area contributed by atoms with E-state index in [1.54, 1.807) is 28.1 Å². The Morgan fingerprint density at radius 1 is 1.29 bits per heavy atom. The van der Waals surface area contributed by atoms with Crippen LogP contribution in [-0.4, -0.2) is 55.5 Å². The molecule has 1 atom stereocenters. The van der Waals surface area contributed by atoms with Gasteiger partial charge < -0.3 is 15.1 Å². The van der Waals surface area contributed by atoms with Crippen LogP contribution >= 0.6 is 0 Å². The zero-order valence-corrected chi connectivity index (χ0v) is 9.50. The van der Waals surface area contributed by atoms with Gasteiger partial charge in [-0.05, 0) is 13.8 Å². The van der Waals surface area contributed by atoms with E-state index in [0.29, 0.717) is 6.54 Å². The molecule has 0 saturated carbocycles. The van der Waals surface area contributed by atoms with E-state index < -0.39 is 6.04 Å². The number of hydrogen-bond acceptors (Lipinski definition) is 2. The van der Waals surface area contributed by atoms with Gasteiger partial charge in [-0.3, -0.25) is 4.79 Å². The molecule has 0 rings (SSSR count). The average molecular weight is 201 g/mol. The van der Waals surface area contributed by atoms with E-state index in [4.69, 9.17) is 0 Å². The molecule has 0 saturated heterocycles. The van der Waals surface area contributed by atoms with Gasteiger partial charge in [0.05, 0.1) is 0 Å². The van der Waals surface area contributed by atoms with Crippen molar-refractivity contribution in [1.82, 2.24) is 15.1 Å². The number of nitrogens with zero attached hydrogens (tertiary/aromatic N) is 2. The van der Waals surface area contributed by atoms with Crippen LogP contribution in [0.3, 0.4) is 0 Å². The van der Waals surface area contributed by atoms with Crippen molar-refractivity contribution < 1.29 is 9.59 Å². The minimum Gasteiger partial charge on any atom is -0.347 e. The average Bonchev–Trinajstić information content (AvgIpc) is 2.14. The van der Waals surface area contributed by atoms with Crippen molar-refractivity contribution in [2.75, 3.05) is 27.7 Å². The monoisotopic (exact) mass is 201 g/mol. The van der Waals surface area contributed by atoms with E-state index in [1.165, 1.54) is 9.80 Å². The van der Waals surface area contributed by atoms with Crippen LogP contribution in [0.15, 0.2) is 0 Å². The third-order valence-corrected chi connectivity index (χ3v) is 1.97. The Morgan fingerprint density at radius 3 is 2.14 bits per heavy atom. The summed E-state index contributed by atoms with van der Waals surface area (Å²) in [6.45, 7) is 4.16. The van der Waals surface area contributed by atoms with E-state index >= 15 is 0 Å². The van der Waals surface area contributed by atoms with Gasteiger partial charge in [-0.25, -0.2) is 4.79 Å². The van der Waals surface area contributed by atoms with E-state index in [1.807, 2.05) is 6.92 Å². The smallest absolute Gasteiger partial charge is 0.317 e. The third-order valence-electron chi connectivity index (χ3n) is 1.97. The van der Waals surface area contributed by atoms with E-state index in [-0.39, 0.29) is 11.9 Å². The molecule has 0 fully saturated rings. The van der Waals surface area contributed by atoms with Crippen LogP contribution in [-0.2, 0) is 4.79 Å². The molecular weight excluding hydrogens is 182 g/mol. The van der Waals surface area contributed by atoms with Gasteiger partial charge in [-0.15, -0.1) is 0 Å². The van der Waals surface area contributed by atoms with Crippen molar-refractivity contribution in [3.05, 3.63) is 0 Å². The Kier molecular flexibility index (Phi) is 4.97. The predicted octanol–water partition coefficient (Wildman–Crippen LogP) is 0.124. The molecule has 14 heavy (non-hydrogen) atoms. The lowest BCUT2D eigenvalue weighted by molar-refractivity contribution is -0.130. The van der Waals surface area contributed by atoms with Crippen molar-refractivity contribution in [3.8, 4) is 0 Å². The summed E-state index contributed by atoms with van der Waals surface area (Å²) in [5, 5.41) is 2.61. The zero-order valence-electron chi connectivity index (χ0n) is 9.50. The largest absolute Gasteiger partial charge is 0.347 e. The van der Waals surface area contributed by atoms with Crippen molar-refractivity contribution in [1.29, 1.82) is 0 Å². The number of hydrogen-bond donors (Lipinski definition) is 1. The van der Waals surface area contributed by atoms with Gasteiger partial charge in [0.25, 0.3) is 0 Å². The second kappa shape index (κ2) is 5.47. The molecule has 5 nitrogen and oxygen atoms in total. The van der Waals surface area contributed by atoms with Crippen LogP contribution in [0.4, 0.5) is 4.79 Å². The first-order valence-corrected chi connectivity index (χ1v) is 4.63. The van der Waals surface area contributed by atoms with E-state index in [2.05, 4.69) is 5.32 Å². The standard InChI is InChI=1S/C9H19N3O2/c1-6-12(5)9(14)10-7(2)8(13)11(3)4/h7H,6H2,1-5H3,(H,10,14). The SMILES string of the molecule is CCN(C)C(=O)NC(C)C(=O)N(C)C. The highest BCUT2D eigenvalue weighted by Gasteiger charge is 2.18. The van der Waals surface area contributed by atoms with Crippen molar-refractivity contribution in [3.63, 3.8) is 0 Å². The quantitative estimate of drug-likeness (QED) is 0.705. The molecular formula is C9H19N3O2. The maximum atomic E-state index is 11.4. The van der Waals surface area contributed by atoms with Crippen molar-refractivity contribution in [2.24, 2.45) is 0 Å². The maximum absolute atomic E-state index is 11.4. The minimum atomic E-state index is -0.480. The summed E-state index contributed by atoms with van der Waals surface area (Å²) >= 11 is 0. The molecule has 82 valence electrons. The van der Waals surface area contributed by atoms with Crippen LogP contribution in [0.5, 0.6) is 0 Å². The molecule has 0 bridgehead atoms. The van der Waals surface area contributed by atoms with Crippen molar-refractivity contribution >= 4 is 11.9 Å². The predicted molar refractivity (Wildman–Crippen MR) is 55.0 cm³/mol. The molecule has 3 amide bonds. The van der Waals surface area contributed by atoms with Gasteiger partial charge in [0.2, 0.25) is 5.91 Å².